The average Bonchev–Trinajstić information content (AvgIpc) is 3.32. The molecule has 1 spiro atoms. The van der Waals surface area contributed by atoms with Gasteiger partial charge in [-0.2, -0.15) is 5.10 Å². The smallest absolute Gasteiger partial charge is 0.274 e. The molecule has 2 aliphatic rings. The zero-order chi connectivity index (χ0) is 22.0. The Labute approximate surface area is 186 Å². The molecule has 1 aromatic heterocycles. The third-order valence-corrected chi connectivity index (χ3v) is 6.91. The van der Waals surface area contributed by atoms with Crippen LogP contribution < -0.4 is 4.74 Å². The molecule has 31 heavy (non-hydrogen) atoms. The molecule has 6 nitrogen and oxygen atoms in total. The fraction of sp³-hybridized carbons (Fsp3) is 0.600. The minimum atomic E-state index is 0.0826. The molecular weight excluding hydrogens is 388 g/mol. The van der Waals surface area contributed by atoms with E-state index in [1.807, 2.05) is 24.9 Å². The number of aryl methyl sites for hydroxylation is 2. The molecule has 2 aliphatic heterocycles. The van der Waals surface area contributed by atoms with Gasteiger partial charge in [-0.1, -0.05) is 32.0 Å². The van der Waals surface area contributed by atoms with Crippen molar-refractivity contribution in [3.05, 3.63) is 47.3 Å². The molecule has 0 N–H and O–H groups in total. The van der Waals surface area contributed by atoms with Crippen molar-refractivity contribution in [3.63, 3.8) is 0 Å². The second kappa shape index (κ2) is 9.03. The van der Waals surface area contributed by atoms with E-state index in [1.165, 1.54) is 5.56 Å². The summed E-state index contributed by atoms with van der Waals surface area (Å²) in [7, 11) is 1.89. The second-order valence-electron chi connectivity index (χ2n) is 9.86. The summed E-state index contributed by atoms with van der Waals surface area (Å²) < 4.78 is 7.83. The van der Waals surface area contributed by atoms with Gasteiger partial charge in [-0.3, -0.25) is 14.4 Å². The van der Waals surface area contributed by atoms with Crippen LogP contribution in [0.4, 0.5) is 0 Å². The molecule has 0 unspecified atom stereocenters. The van der Waals surface area contributed by atoms with E-state index < -0.39 is 0 Å². The third kappa shape index (κ3) is 4.95. The number of ether oxygens (including phenoxy) is 1. The Morgan fingerprint density at radius 1 is 1.16 bits per heavy atom. The zero-order valence-corrected chi connectivity index (χ0v) is 19.4. The molecule has 1 aromatic carbocycles. The van der Waals surface area contributed by atoms with E-state index in [4.69, 9.17) is 4.74 Å². The number of nitrogens with zero attached hydrogens (tertiary/aromatic N) is 4. The number of benzene rings is 1. The van der Waals surface area contributed by atoms with Gasteiger partial charge < -0.3 is 9.64 Å². The normalized spacial score (nSPS) is 18.8. The minimum Gasteiger partial charge on any atom is -0.493 e. The van der Waals surface area contributed by atoms with Crippen LogP contribution in [-0.2, 0) is 13.6 Å². The number of piperidine rings is 1. The second-order valence-corrected chi connectivity index (χ2v) is 9.86. The summed E-state index contributed by atoms with van der Waals surface area (Å²) in [6, 6.07) is 10.3. The summed E-state index contributed by atoms with van der Waals surface area (Å²) in [4.78, 5) is 17.5. The molecule has 1 amide bonds. The van der Waals surface area contributed by atoms with Gasteiger partial charge in [0, 0.05) is 37.9 Å². The number of carbonyl (C=O) groups excluding carboxylic acids is 1. The summed E-state index contributed by atoms with van der Waals surface area (Å²) in [6.07, 6.45) is 3.40. The molecule has 0 bridgehead atoms. The Kier molecular flexibility index (Phi) is 6.37. The van der Waals surface area contributed by atoms with E-state index in [0.717, 1.165) is 70.0 Å². The van der Waals surface area contributed by atoms with Crippen LogP contribution >= 0.6 is 0 Å². The van der Waals surface area contributed by atoms with E-state index in [2.05, 4.69) is 48.1 Å². The Balaban J connectivity index is 1.33. The molecule has 3 heterocycles. The highest BCUT2D eigenvalue weighted by Crippen LogP contribution is 2.41. The zero-order valence-electron chi connectivity index (χ0n) is 19.4. The molecule has 2 fully saturated rings. The van der Waals surface area contributed by atoms with E-state index in [9.17, 15) is 4.79 Å². The van der Waals surface area contributed by atoms with Gasteiger partial charge in [0.05, 0.1) is 6.61 Å². The van der Waals surface area contributed by atoms with Gasteiger partial charge >= 0.3 is 0 Å². The van der Waals surface area contributed by atoms with E-state index >= 15 is 0 Å². The highest BCUT2D eigenvalue weighted by molar-refractivity contribution is 5.92. The van der Waals surface area contributed by atoms with Crippen LogP contribution in [0, 0.1) is 18.3 Å². The molecule has 168 valence electrons. The first-order valence-electron chi connectivity index (χ1n) is 11.6. The Morgan fingerprint density at radius 3 is 2.55 bits per heavy atom. The van der Waals surface area contributed by atoms with Gasteiger partial charge in [-0.15, -0.1) is 0 Å². The lowest BCUT2D eigenvalue weighted by Gasteiger charge is -2.39. The average molecular weight is 425 g/mol. The van der Waals surface area contributed by atoms with Crippen molar-refractivity contribution >= 4 is 5.91 Å². The minimum absolute atomic E-state index is 0.0826. The predicted molar refractivity (Wildman–Crippen MR) is 122 cm³/mol. The van der Waals surface area contributed by atoms with Crippen molar-refractivity contribution in [2.24, 2.45) is 18.4 Å². The largest absolute Gasteiger partial charge is 0.493 e. The van der Waals surface area contributed by atoms with Crippen molar-refractivity contribution in [2.45, 2.75) is 46.6 Å². The molecule has 2 aromatic rings. The van der Waals surface area contributed by atoms with Crippen LogP contribution in [0.25, 0.3) is 0 Å². The molecule has 0 atom stereocenters. The molecule has 2 saturated heterocycles. The summed E-state index contributed by atoms with van der Waals surface area (Å²) >= 11 is 0. The lowest BCUT2D eigenvalue weighted by Crippen LogP contribution is -2.42. The number of amides is 1. The number of rotatable bonds is 6. The maximum Gasteiger partial charge on any atom is 0.274 e. The molecule has 0 radical (unpaired) electrons. The number of para-hydroxylation sites is 1. The standard InChI is InChI=1S/C25H36N4O2/c1-19(2)17-31-23-8-6-5-7-21(23)16-28-12-9-25(10-13-28)11-14-29(18-25)24(30)22-15-20(3)27(4)26-22/h5-8,15,19H,9-14,16-18H2,1-4H3. The van der Waals surface area contributed by atoms with Crippen molar-refractivity contribution in [2.75, 3.05) is 32.8 Å². The Bertz CT molecular complexity index is 892. The van der Waals surface area contributed by atoms with Crippen molar-refractivity contribution in [1.82, 2.24) is 19.6 Å². The van der Waals surface area contributed by atoms with Crippen LogP contribution in [0.1, 0.15) is 54.9 Å². The topological polar surface area (TPSA) is 50.6 Å². The fourth-order valence-corrected chi connectivity index (χ4v) is 4.80. The summed E-state index contributed by atoms with van der Waals surface area (Å²) in [6.45, 7) is 11.9. The number of aromatic nitrogens is 2. The summed E-state index contributed by atoms with van der Waals surface area (Å²) in [5, 5.41) is 4.39. The monoisotopic (exact) mass is 424 g/mol. The van der Waals surface area contributed by atoms with Gasteiger partial charge in [-0.25, -0.2) is 0 Å². The third-order valence-electron chi connectivity index (χ3n) is 6.91. The molecule has 4 rings (SSSR count). The van der Waals surface area contributed by atoms with Gasteiger partial charge in [0.2, 0.25) is 0 Å². The van der Waals surface area contributed by atoms with Crippen LogP contribution in [0.5, 0.6) is 5.75 Å². The quantitative estimate of drug-likeness (QED) is 0.706. The first kappa shape index (κ1) is 21.9. The summed E-state index contributed by atoms with van der Waals surface area (Å²) in [5.41, 5.74) is 3.13. The van der Waals surface area contributed by atoms with Crippen LogP contribution in [0.15, 0.2) is 30.3 Å². The van der Waals surface area contributed by atoms with E-state index in [0.29, 0.717) is 11.6 Å². The van der Waals surface area contributed by atoms with Gasteiger partial charge in [0.25, 0.3) is 5.91 Å². The Hall–Kier alpha value is -2.34. The van der Waals surface area contributed by atoms with Crippen LogP contribution in [0.3, 0.4) is 0 Å². The molecule has 0 saturated carbocycles. The first-order chi connectivity index (χ1) is 14.8. The first-order valence-corrected chi connectivity index (χ1v) is 11.6. The maximum absolute atomic E-state index is 12.9. The highest BCUT2D eigenvalue weighted by atomic mass is 16.5. The van der Waals surface area contributed by atoms with Crippen LogP contribution in [-0.4, -0.2) is 58.3 Å². The maximum atomic E-state index is 12.9. The Morgan fingerprint density at radius 2 is 1.87 bits per heavy atom. The predicted octanol–water partition coefficient (Wildman–Crippen LogP) is 3.89. The number of hydrogen-bond acceptors (Lipinski definition) is 4. The van der Waals surface area contributed by atoms with Gasteiger partial charge in [0.15, 0.2) is 5.69 Å². The lowest BCUT2D eigenvalue weighted by molar-refractivity contribution is 0.0707. The highest BCUT2D eigenvalue weighted by Gasteiger charge is 2.42. The van der Waals surface area contributed by atoms with Gasteiger partial charge in [-0.05, 0) is 62.7 Å². The summed E-state index contributed by atoms with van der Waals surface area (Å²) in [5.74, 6) is 1.62. The van der Waals surface area contributed by atoms with E-state index in [-0.39, 0.29) is 11.3 Å². The van der Waals surface area contributed by atoms with Crippen molar-refractivity contribution in [1.29, 1.82) is 0 Å². The van der Waals surface area contributed by atoms with Gasteiger partial charge in [0.1, 0.15) is 5.75 Å². The van der Waals surface area contributed by atoms with Crippen molar-refractivity contribution in [3.8, 4) is 5.75 Å². The molecule has 0 aliphatic carbocycles. The molecular formula is C25H36N4O2. The molecule has 6 heteroatoms. The number of likely N-dealkylation sites (tertiary alicyclic amines) is 2. The fourth-order valence-electron chi connectivity index (χ4n) is 4.80. The van der Waals surface area contributed by atoms with E-state index in [1.54, 1.807) is 4.68 Å². The van der Waals surface area contributed by atoms with Crippen LogP contribution in [0.2, 0.25) is 0 Å². The van der Waals surface area contributed by atoms with Crippen molar-refractivity contribution < 1.29 is 9.53 Å². The number of carbonyl (C=O) groups is 1. The lowest BCUT2D eigenvalue weighted by atomic mass is 9.77. The number of hydrogen-bond donors (Lipinski definition) is 0. The SMILES string of the molecule is Cc1cc(C(=O)N2CCC3(CCN(Cc4ccccc4OCC(C)C)CC3)C2)nn1C.